The average Bonchev–Trinajstić information content (AvgIpc) is 3.95. The topological polar surface area (TPSA) is 276 Å². The van der Waals surface area contributed by atoms with E-state index in [4.69, 9.17) is 33.2 Å². The molecule has 432 valence electrons. The van der Waals surface area contributed by atoms with Gasteiger partial charge in [0.25, 0.3) is 0 Å². The lowest BCUT2D eigenvalue weighted by molar-refractivity contribution is -0.388. The smallest absolute Gasteiger partial charge is 0.241 e. The Morgan fingerprint density at radius 3 is 2.05 bits per heavy atom. The van der Waals surface area contributed by atoms with Crippen molar-refractivity contribution in [2.45, 2.75) is 215 Å². The molecule has 9 N–H and O–H groups in total. The van der Waals surface area contributed by atoms with Gasteiger partial charge in [0.1, 0.15) is 61.0 Å². The Balaban J connectivity index is 0.776. The maximum atomic E-state index is 13.7. The van der Waals surface area contributed by atoms with Crippen LogP contribution < -0.4 is 9.62 Å². The fraction of sp³-hybridized carbons (Fsp3) is 0.789. The minimum Gasteiger partial charge on any atom is -0.394 e. The van der Waals surface area contributed by atoms with Gasteiger partial charge in [-0.25, -0.2) is 13.1 Å². The van der Waals surface area contributed by atoms with Gasteiger partial charge < -0.3 is 78.9 Å². The summed E-state index contributed by atoms with van der Waals surface area (Å²) in [6, 6.07) is 11.2. The van der Waals surface area contributed by atoms with Gasteiger partial charge in [-0.1, -0.05) is 63.6 Å². The summed E-state index contributed by atoms with van der Waals surface area (Å²) in [6.45, 7) is 12.1. The van der Waals surface area contributed by atoms with Gasteiger partial charge in [-0.3, -0.25) is 0 Å². The molecule has 77 heavy (non-hydrogen) atoms. The second kappa shape index (κ2) is 22.4. The van der Waals surface area contributed by atoms with Crippen molar-refractivity contribution in [3.63, 3.8) is 0 Å². The number of nitrogens with zero attached hydrogens (tertiary/aromatic N) is 1. The highest BCUT2D eigenvalue weighted by molar-refractivity contribution is 7.89. The van der Waals surface area contributed by atoms with E-state index in [0.717, 1.165) is 56.0 Å². The van der Waals surface area contributed by atoms with Crippen LogP contribution in [0.4, 0.5) is 5.69 Å². The van der Waals surface area contributed by atoms with Crippen LogP contribution in [-0.4, -0.2) is 187 Å². The third-order valence-electron chi connectivity index (χ3n) is 20.2. The van der Waals surface area contributed by atoms with Crippen molar-refractivity contribution in [1.29, 1.82) is 0 Å². The Labute approximate surface area is 453 Å². The number of aliphatic hydroxyl groups excluding tert-OH is 8. The number of benzene rings is 2. The van der Waals surface area contributed by atoms with E-state index < -0.39 is 115 Å². The molecule has 4 saturated heterocycles. The number of fused-ring (bicyclic) bond motifs is 8. The number of allylic oxidation sites excluding steroid dienone is 1. The molecule has 0 unspecified atom stereocenters. The van der Waals surface area contributed by atoms with Crippen LogP contribution in [0.3, 0.4) is 0 Å². The number of hydrogen-bond acceptors (Lipinski definition) is 18. The highest BCUT2D eigenvalue weighted by Crippen LogP contribution is 2.69. The number of ether oxygens (including phenoxy) is 7. The van der Waals surface area contributed by atoms with Gasteiger partial charge in [-0.2, -0.15) is 0 Å². The van der Waals surface area contributed by atoms with E-state index in [-0.39, 0.29) is 29.0 Å². The first-order valence-electron chi connectivity index (χ1n) is 28.3. The summed E-state index contributed by atoms with van der Waals surface area (Å²) in [4.78, 5) is 2.28. The summed E-state index contributed by atoms with van der Waals surface area (Å²) in [7, 11) is 0.162. The molecule has 7 fully saturated rings. The third kappa shape index (κ3) is 10.5. The molecule has 4 heterocycles. The fourth-order valence-corrected chi connectivity index (χ4v) is 17.1. The number of anilines is 1. The van der Waals surface area contributed by atoms with Crippen LogP contribution in [0.25, 0.3) is 10.8 Å². The van der Waals surface area contributed by atoms with E-state index in [0.29, 0.717) is 59.3 Å². The summed E-state index contributed by atoms with van der Waals surface area (Å²) in [5.74, 6) is 2.42. The second-order valence-corrected chi connectivity index (χ2v) is 26.7. The molecule has 0 aromatic heterocycles. The first-order chi connectivity index (χ1) is 36.5. The van der Waals surface area contributed by atoms with Crippen molar-refractivity contribution in [3.8, 4) is 0 Å². The first kappa shape index (κ1) is 57.8. The van der Waals surface area contributed by atoms with Crippen LogP contribution >= 0.6 is 0 Å². The van der Waals surface area contributed by atoms with Gasteiger partial charge >= 0.3 is 0 Å². The molecule has 0 amide bonds. The molecular formula is C57H86N2O17S. The Bertz CT molecular complexity index is 2540. The minimum absolute atomic E-state index is 0.0735. The summed E-state index contributed by atoms with van der Waals surface area (Å²) in [5.41, 5.74) is 2.34. The number of hydrogen-bond donors (Lipinski definition) is 9. The Hall–Kier alpha value is -2.45. The van der Waals surface area contributed by atoms with E-state index in [2.05, 4.69) is 38.5 Å². The van der Waals surface area contributed by atoms with E-state index >= 15 is 0 Å². The SMILES string of the molecule is C[C@H](CC[C@@H]1O[C@H]2C[C@H]3[C@@H]4CC=C5C[C@@H](O[C@@H]6O[C@H](CO)[C@@H](O[C@@H]7O[C@@H](C)[C@H](O)[C@@H](O)[C@H]7O)[C@H](O)[C@H]6O[C@@H]6O[C@@H](C)[C@H](O)[C@@H](O)[C@H]6O)CC[C@]5(C)[C@H]4CC[C@]3(C)[C@H]2[C@@H]1C)CNS(=O)(=O)c1cccc2c(N(C)C)cccc12. The summed E-state index contributed by atoms with van der Waals surface area (Å²) in [6.07, 6.45) is -11.4. The molecule has 26 atom stereocenters. The quantitative estimate of drug-likeness (QED) is 0.116. The van der Waals surface area contributed by atoms with Gasteiger partial charge in [-0.15, -0.1) is 0 Å². The van der Waals surface area contributed by atoms with E-state index in [1.807, 2.05) is 43.3 Å². The Morgan fingerprint density at radius 1 is 0.740 bits per heavy atom. The second-order valence-electron chi connectivity index (χ2n) is 25.0. The summed E-state index contributed by atoms with van der Waals surface area (Å²) >= 11 is 0. The van der Waals surface area contributed by atoms with Gasteiger partial charge in [0.2, 0.25) is 10.0 Å². The fourth-order valence-electron chi connectivity index (χ4n) is 15.7. The number of nitrogens with one attached hydrogen (secondary N) is 1. The molecule has 2 aromatic carbocycles. The van der Waals surface area contributed by atoms with Crippen LogP contribution in [-0.2, 0) is 43.2 Å². The predicted octanol–water partition coefficient (Wildman–Crippen LogP) is 3.08. The van der Waals surface area contributed by atoms with Crippen molar-refractivity contribution in [2.75, 3.05) is 32.1 Å². The van der Waals surface area contributed by atoms with Crippen LogP contribution in [0.5, 0.6) is 0 Å². The van der Waals surface area contributed by atoms with E-state index in [1.165, 1.54) is 19.4 Å². The summed E-state index contributed by atoms with van der Waals surface area (Å²) < 4.78 is 74.2. The Morgan fingerprint density at radius 2 is 1.39 bits per heavy atom. The standard InChI is InChI=1S/C57H86N2O17S/c1-27(25-58-77(68,69)42-14-10-11-33-34(42)12-9-13-38(33)59(7)8)15-18-39-28(2)43-40(73-39)24-37-35-17-16-31-23-32(19-21-56(31,5)36(35)20-22-57(37,43)6)72-55-52(76-54-49(66)47(64)45(62)30(4)71-54)50(67)51(41(26-60)74-55)75-53-48(65)46(63)44(61)29(3)70-53/h9-14,16,27-30,32,35-37,39-41,43-55,58,60-67H,15,17-26H2,1-8H3/t27-,28-,29+,30+,32+,35-,36+,37+,39+,40+,41-,43+,44+,45+,46-,47-,48-,49-,50+,51-,52-,53+,54+,55-,56+,57+/m1/s1. The monoisotopic (exact) mass is 1100 g/mol. The lowest BCUT2D eigenvalue weighted by atomic mass is 9.47. The highest BCUT2D eigenvalue weighted by Gasteiger charge is 2.65. The number of aliphatic hydroxyl groups is 8. The molecule has 0 radical (unpaired) electrons. The van der Waals surface area contributed by atoms with Crippen molar-refractivity contribution in [2.24, 2.45) is 46.3 Å². The zero-order valence-corrected chi connectivity index (χ0v) is 46.6. The van der Waals surface area contributed by atoms with E-state index in [1.54, 1.807) is 12.1 Å². The number of sulfonamides is 1. The molecule has 0 bridgehead atoms. The first-order valence-corrected chi connectivity index (χ1v) is 29.8. The number of rotatable bonds is 15. The molecule has 20 heteroatoms. The molecular weight excluding hydrogens is 1020 g/mol. The van der Waals surface area contributed by atoms with Crippen molar-refractivity contribution in [1.82, 2.24) is 4.72 Å². The normalized spacial score (nSPS) is 46.4. The van der Waals surface area contributed by atoms with Crippen LogP contribution in [0.2, 0.25) is 0 Å². The average molecular weight is 1100 g/mol. The third-order valence-corrected chi connectivity index (χ3v) is 21.6. The van der Waals surface area contributed by atoms with Crippen molar-refractivity contribution in [3.05, 3.63) is 48.0 Å². The molecule has 3 saturated carbocycles. The molecule has 8 aliphatic rings. The van der Waals surface area contributed by atoms with Gasteiger partial charge in [-0.05, 0) is 130 Å². The molecule has 0 spiro atoms. The van der Waals surface area contributed by atoms with Gasteiger partial charge in [0.05, 0.1) is 42.0 Å². The highest BCUT2D eigenvalue weighted by atomic mass is 32.2. The van der Waals surface area contributed by atoms with Gasteiger partial charge in [0.15, 0.2) is 18.9 Å². The maximum absolute atomic E-state index is 13.7. The van der Waals surface area contributed by atoms with Crippen LogP contribution in [0.15, 0.2) is 52.9 Å². The van der Waals surface area contributed by atoms with Crippen molar-refractivity contribution < 1.29 is 82.4 Å². The minimum atomic E-state index is -3.75. The van der Waals surface area contributed by atoms with Crippen LogP contribution in [0.1, 0.15) is 99.3 Å². The largest absolute Gasteiger partial charge is 0.394 e. The van der Waals surface area contributed by atoms with Crippen molar-refractivity contribution >= 4 is 26.5 Å². The zero-order valence-electron chi connectivity index (χ0n) is 45.8. The van der Waals surface area contributed by atoms with Crippen LogP contribution in [0, 0.1) is 46.3 Å². The molecule has 4 aliphatic carbocycles. The Kier molecular flexibility index (Phi) is 16.8. The lowest BCUT2D eigenvalue weighted by Gasteiger charge is -2.58. The molecule has 4 aliphatic heterocycles. The van der Waals surface area contributed by atoms with E-state index in [9.17, 15) is 49.3 Å². The molecule has 2 aromatic rings. The predicted molar refractivity (Wildman–Crippen MR) is 281 cm³/mol. The summed E-state index contributed by atoms with van der Waals surface area (Å²) in [5, 5.41) is 88.0. The lowest BCUT2D eigenvalue weighted by Crippen LogP contribution is -2.66. The zero-order chi connectivity index (χ0) is 55.2. The maximum Gasteiger partial charge on any atom is 0.241 e. The molecule has 19 nitrogen and oxygen atoms in total. The molecule has 10 rings (SSSR count). The van der Waals surface area contributed by atoms with Gasteiger partial charge in [0, 0.05) is 37.1 Å².